The highest BCUT2D eigenvalue weighted by Crippen LogP contribution is 2.14. The van der Waals surface area contributed by atoms with Gasteiger partial charge in [-0.05, 0) is 48.3 Å². The fraction of sp³-hybridized carbons (Fsp3) is 0.409. The minimum atomic E-state index is 0.0819. The molecule has 0 bridgehead atoms. The second kappa shape index (κ2) is 10.6. The summed E-state index contributed by atoms with van der Waals surface area (Å²) in [7, 11) is 1.65. The molecule has 4 heteroatoms. The van der Waals surface area contributed by atoms with Gasteiger partial charge in [0.25, 0.3) is 0 Å². The Labute approximate surface area is 157 Å². The summed E-state index contributed by atoms with van der Waals surface area (Å²) in [6, 6.07) is 16.2. The summed E-state index contributed by atoms with van der Waals surface area (Å²) in [5, 5.41) is 3.06. The van der Waals surface area contributed by atoms with E-state index in [2.05, 4.69) is 42.3 Å². The maximum atomic E-state index is 12.2. The van der Waals surface area contributed by atoms with Crippen molar-refractivity contribution in [2.45, 2.75) is 39.8 Å². The Kier molecular flexibility index (Phi) is 8.16. The summed E-state index contributed by atoms with van der Waals surface area (Å²) in [5.41, 5.74) is 3.62. The van der Waals surface area contributed by atoms with Crippen molar-refractivity contribution in [2.75, 3.05) is 20.2 Å². The molecule has 2 aromatic rings. The van der Waals surface area contributed by atoms with Gasteiger partial charge in [-0.25, -0.2) is 0 Å². The highest BCUT2D eigenvalue weighted by atomic mass is 16.5. The Morgan fingerprint density at radius 1 is 1.00 bits per heavy atom. The van der Waals surface area contributed by atoms with E-state index in [4.69, 9.17) is 4.74 Å². The molecule has 0 radical (unpaired) electrons. The lowest BCUT2D eigenvalue weighted by Crippen LogP contribution is -2.26. The summed E-state index contributed by atoms with van der Waals surface area (Å²) < 4.78 is 5.15. The topological polar surface area (TPSA) is 41.6 Å². The van der Waals surface area contributed by atoms with Crippen LogP contribution in [-0.2, 0) is 24.3 Å². The first-order valence-corrected chi connectivity index (χ1v) is 9.35. The van der Waals surface area contributed by atoms with Crippen LogP contribution >= 0.6 is 0 Å². The van der Waals surface area contributed by atoms with Crippen molar-refractivity contribution in [2.24, 2.45) is 0 Å². The van der Waals surface area contributed by atoms with Gasteiger partial charge in [-0.1, -0.05) is 50.2 Å². The highest BCUT2D eigenvalue weighted by molar-refractivity contribution is 5.76. The second-order valence-electron chi connectivity index (χ2n) is 6.35. The Bertz CT molecular complexity index is 679. The van der Waals surface area contributed by atoms with E-state index >= 15 is 0 Å². The molecule has 4 nitrogen and oxygen atoms in total. The molecule has 0 fully saturated rings. The van der Waals surface area contributed by atoms with Crippen LogP contribution in [0.2, 0.25) is 0 Å². The second-order valence-corrected chi connectivity index (χ2v) is 6.35. The number of rotatable bonds is 10. The van der Waals surface area contributed by atoms with Crippen molar-refractivity contribution in [1.82, 2.24) is 10.2 Å². The molecular weight excluding hydrogens is 324 g/mol. The van der Waals surface area contributed by atoms with E-state index < -0.39 is 0 Å². The Morgan fingerprint density at radius 2 is 1.65 bits per heavy atom. The van der Waals surface area contributed by atoms with Crippen LogP contribution in [0.3, 0.4) is 0 Å². The number of carbonyl (C=O) groups excluding carboxylic acids is 1. The molecular formula is C22H30N2O2. The third-order valence-electron chi connectivity index (χ3n) is 4.68. The van der Waals surface area contributed by atoms with Gasteiger partial charge in [-0.15, -0.1) is 0 Å². The number of hydrogen-bond acceptors (Lipinski definition) is 3. The lowest BCUT2D eigenvalue weighted by atomic mass is 10.1. The normalized spacial score (nSPS) is 10.8. The van der Waals surface area contributed by atoms with E-state index in [1.54, 1.807) is 7.11 Å². The number of methoxy groups -OCH3 is 1. The minimum absolute atomic E-state index is 0.0819. The predicted octanol–water partition coefficient (Wildman–Crippen LogP) is 3.79. The van der Waals surface area contributed by atoms with Gasteiger partial charge in [0.05, 0.1) is 7.11 Å². The van der Waals surface area contributed by atoms with Crippen molar-refractivity contribution in [1.29, 1.82) is 0 Å². The van der Waals surface area contributed by atoms with E-state index in [0.29, 0.717) is 13.0 Å². The molecule has 1 amide bonds. The summed E-state index contributed by atoms with van der Waals surface area (Å²) in [6.07, 6.45) is 1.22. The van der Waals surface area contributed by atoms with Crippen LogP contribution in [0.25, 0.3) is 0 Å². The van der Waals surface area contributed by atoms with Gasteiger partial charge in [-0.3, -0.25) is 9.69 Å². The van der Waals surface area contributed by atoms with Gasteiger partial charge in [0.1, 0.15) is 5.75 Å². The van der Waals surface area contributed by atoms with E-state index in [1.165, 1.54) is 11.1 Å². The lowest BCUT2D eigenvalue weighted by Gasteiger charge is -2.20. The minimum Gasteiger partial charge on any atom is -0.497 e. The van der Waals surface area contributed by atoms with Crippen LogP contribution in [0.5, 0.6) is 5.75 Å². The smallest absolute Gasteiger partial charge is 0.220 e. The fourth-order valence-corrected chi connectivity index (χ4v) is 2.90. The number of hydrogen-bond donors (Lipinski definition) is 1. The average Bonchev–Trinajstić information content (AvgIpc) is 2.70. The van der Waals surface area contributed by atoms with E-state index in [9.17, 15) is 4.79 Å². The van der Waals surface area contributed by atoms with Gasteiger partial charge in [0.15, 0.2) is 0 Å². The highest BCUT2D eigenvalue weighted by Gasteiger charge is 2.08. The maximum Gasteiger partial charge on any atom is 0.220 e. The molecule has 2 rings (SSSR count). The summed E-state index contributed by atoms with van der Waals surface area (Å²) >= 11 is 0. The SMILES string of the molecule is CCN(CC)Cc1ccccc1CNC(=O)CCc1ccc(OC)cc1. The van der Waals surface area contributed by atoms with Gasteiger partial charge in [0.2, 0.25) is 5.91 Å². The van der Waals surface area contributed by atoms with E-state index in [-0.39, 0.29) is 5.91 Å². The predicted molar refractivity (Wildman–Crippen MR) is 106 cm³/mol. The lowest BCUT2D eigenvalue weighted by molar-refractivity contribution is -0.121. The summed E-state index contributed by atoms with van der Waals surface area (Å²) in [6.45, 7) is 7.90. The Hall–Kier alpha value is -2.33. The molecule has 0 saturated carbocycles. The summed E-state index contributed by atoms with van der Waals surface area (Å²) in [4.78, 5) is 14.6. The largest absolute Gasteiger partial charge is 0.497 e. The first-order chi connectivity index (χ1) is 12.7. The zero-order valence-electron chi connectivity index (χ0n) is 16.1. The molecule has 0 unspecified atom stereocenters. The zero-order chi connectivity index (χ0) is 18.8. The maximum absolute atomic E-state index is 12.2. The average molecular weight is 354 g/mol. The van der Waals surface area contributed by atoms with Crippen molar-refractivity contribution in [3.8, 4) is 5.75 Å². The Morgan fingerprint density at radius 3 is 2.27 bits per heavy atom. The molecule has 0 aliphatic carbocycles. The van der Waals surface area contributed by atoms with E-state index in [0.717, 1.165) is 37.4 Å². The van der Waals surface area contributed by atoms with Crippen LogP contribution in [0.1, 0.15) is 37.0 Å². The Balaban J connectivity index is 1.84. The molecule has 0 heterocycles. The van der Waals surface area contributed by atoms with Crippen molar-refractivity contribution in [3.63, 3.8) is 0 Å². The molecule has 1 N–H and O–H groups in total. The molecule has 0 aromatic heterocycles. The number of nitrogens with one attached hydrogen (secondary N) is 1. The molecule has 0 atom stereocenters. The quantitative estimate of drug-likeness (QED) is 0.706. The van der Waals surface area contributed by atoms with Gasteiger partial charge in [-0.2, -0.15) is 0 Å². The van der Waals surface area contributed by atoms with Crippen molar-refractivity contribution < 1.29 is 9.53 Å². The monoisotopic (exact) mass is 354 g/mol. The number of ether oxygens (including phenoxy) is 1. The van der Waals surface area contributed by atoms with Gasteiger partial charge < -0.3 is 10.1 Å². The molecule has 26 heavy (non-hydrogen) atoms. The van der Waals surface area contributed by atoms with Gasteiger partial charge in [0, 0.05) is 19.5 Å². The van der Waals surface area contributed by atoms with Crippen LogP contribution in [0, 0.1) is 0 Å². The summed E-state index contributed by atoms with van der Waals surface area (Å²) in [5.74, 6) is 0.918. The third kappa shape index (κ3) is 6.19. The number of aryl methyl sites for hydroxylation is 1. The number of carbonyl (C=O) groups is 1. The molecule has 0 saturated heterocycles. The molecule has 0 aliphatic heterocycles. The number of amides is 1. The number of benzene rings is 2. The first kappa shape index (κ1) is 20.0. The molecule has 0 aliphatic rings. The zero-order valence-corrected chi connectivity index (χ0v) is 16.1. The van der Waals surface area contributed by atoms with Crippen LogP contribution in [0.4, 0.5) is 0 Å². The van der Waals surface area contributed by atoms with E-state index in [1.807, 2.05) is 30.3 Å². The van der Waals surface area contributed by atoms with Crippen molar-refractivity contribution in [3.05, 3.63) is 65.2 Å². The molecule has 0 spiro atoms. The standard InChI is InChI=1S/C22H30N2O2/c1-4-24(5-2)17-20-9-7-6-8-19(20)16-23-22(25)15-12-18-10-13-21(26-3)14-11-18/h6-11,13-14H,4-5,12,15-17H2,1-3H3,(H,23,25). The number of nitrogens with zero attached hydrogens (tertiary/aromatic N) is 1. The molecule has 2 aromatic carbocycles. The van der Waals surface area contributed by atoms with Crippen LogP contribution in [0.15, 0.2) is 48.5 Å². The van der Waals surface area contributed by atoms with Gasteiger partial charge >= 0.3 is 0 Å². The fourth-order valence-electron chi connectivity index (χ4n) is 2.90. The molecule has 140 valence electrons. The third-order valence-corrected chi connectivity index (χ3v) is 4.68. The van der Waals surface area contributed by atoms with Crippen LogP contribution in [-0.4, -0.2) is 31.0 Å². The van der Waals surface area contributed by atoms with Crippen LogP contribution < -0.4 is 10.1 Å². The van der Waals surface area contributed by atoms with Crippen molar-refractivity contribution >= 4 is 5.91 Å². The first-order valence-electron chi connectivity index (χ1n) is 9.35.